The summed E-state index contributed by atoms with van der Waals surface area (Å²) in [6.07, 6.45) is 3.86. The number of rotatable bonds is 6. The second-order valence-electron chi connectivity index (χ2n) is 6.50. The minimum absolute atomic E-state index is 0.0660. The summed E-state index contributed by atoms with van der Waals surface area (Å²) in [5, 5.41) is 3.34. The van der Waals surface area contributed by atoms with Crippen molar-refractivity contribution in [1.29, 1.82) is 0 Å². The lowest BCUT2D eigenvalue weighted by Gasteiger charge is -2.32. The standard InChI is InChI=1S/C18H28FNO/c1-4-20-18(16-7-5-6-8-17(16)19)12-21-15-10-13(2)9-14(3)11-15/h5-8,13-15,18,20H,4,9-12H2,1-3H3. The van der Waals surface area contributed by atoms with Crippen molar-refractivity contribution in [1.82, 2.24) is 5.32 Å². The lowest BCUT2D eigenvalue weighted by atomic mass is 9.82. The fourth-order valence-corrected chi connectivity index (χ4v) is 3.50. The van der Waals surface area contributed by atoms with Crippen LogP contribution in [-0.2, 0) is 4.74 Å². The number of nitrogens with one attached hydrogen (secondary N) is 1. The maximum Gasteiger partial charge on any atom is 0.128 e. The third-order valence-corrected chi connectivity index (χ3v) is 4.37. The summed E-state index contributed by atoms with van der Waals surface area (Å²) in [5.74, 6) is 1.30. The van der Waals surface area contributed by atoms with Gasteiger partial charge in [0.05, 0.1) is 18.8 Å². The molecule has 1 aliphatic rings. The predicted molar refractivity (Wildman–Crippen MR) is 84.7 cm³/mol. The van der Waals surface area contributed by atoms with Gasteiger partial charge in [-0.1, -0.05) is 39.0 Å². The summed E-state index contributed by atoms with van der Waals surface area (Å²) in [4.78, 5) is 0. The molecule has 0 spiro atoms. The van der Waals surface area contributed by atoms with E-state index in [2.05, 4.69) is 19.2 Å². The summed E-state index contributed by atoms with van der Waals surface area (Å²) in [6.45, 7) is 7.98. The molecule has 0 aliphatic heterocycles. The third kappa shape index (κ3) is 4.79. The fraction of sp³-hybridized carbons (Fsp3) is 0.667. The largest absolute Gasteiger partial charge is 0.376 e. The van der Waals surface area contributed by atoms with Gasteiger partial charge in [-0.05, 0) is 43.7 Å². The molecule has 118 valence electrons. The van der Waals surface area contributed by atoms with Gasteiger partial charge in [-0.25, -0.2) is 4.39 Å². The third-order valence-electron chi connectivity index (χ3n) is 4.37. The first-order valence-corrected chi connectivity index (χ1v) is 8.19. The zero-order valence-electron chi connectivity index (χ0n) is 13.4. The van der Waals surface area contributed by atoms with E-state index in [0.29, 0.717) is 18.3 Å². The Morgan fingerprint density at radius 2 is 1.86 bits per heavy atom. The van der Waals surface area contributed by atoms with Crippen molar-refractivity contribution in [3.63, 3.8) is 0 Å². The average Bonchev–Trinajstić information content (AvgIpc) is 2.43. The molecule has 3 heteroatoms. The lowest BCUT2D eigenvalue weighted by molar-refractivity contribution is -0.00943. The van der Waals surface area contributed by atoms with Crippen LogP contribution in [0.3, 0.4) is 0 Å². The van der Waals surface area contributed by atoms with Crippen LogP contribution in [0.2, 0.25) is 0 Å². The van der Waals surface area contributed by atoms with Gasteiger partial charge in [0.15, 0.2) is 0 Å². The summed E-state index contributed by atoms with van der Waals surface area (Å²) in [5.41, 5.74) is 0.705. The quantitative estimate of drug-likeness (QED) is 0.843. The summed E-state index contributed by atoms with van der Waals surface area (Å²) < 4.78 is 20.1. The minimum Gasteiger partial charge on any atom is -0.376 e. The van der Waals surface area contributed by atoms with Gasteiger partial charge in [-0.3, -0.25) is 0 Å². The molecule has 1 N–H and O–H groups in total. The molecule has 2 rings (SSSR count). The van der Waals surface area contributed by atoms with E-state index in [4.69, 9.17) is 4.74 Å². The van der Waals surface area contributed by atoms with Gasteiger partial charge < -0.3 is 10.1 Å². The zero-order valence-corrected chi connectivity index (χ0v) is 13.4. The molecular formula is C18H28FNO. The molecule has 1 aromatic carbocycles. The van der Waals surface area contributed by atoms with E-state index in [9.17, 15) is 4.39 Å². The average molecular weight is 293 g/mol. The molecular weight excluding hydrogens is 265 g/mol. The molecule has 0 saturated heterocycles. The lowest BCUT2D eigenvalue weighted by Crippen LogP contribution is -2.32. The van der Waals surface area contributed by atoms with Crippen molar-refractivity contribution in [3.8, 4) is 0 Å². The van der Waals surface area contributed by atoms with E-state index >= 15 is 0 Å². The van der Waals surface area contributed by atoms with Crippen molar-refractivity contribution >= 4 is 0 Å². The highest BCUT2D eigenvalue weighted by molar-refractivity contribution is 5.21. The number of hydrogen-bond donors (Lipinski definition) is 1. The highest BCUT2D eigenvalue weighted by Crippen LogP contribution is 2.31. The van der Waals surface area contributed by atoms with Crippen LogP contribution in [0.4, 0.5) is 4.39 Å². The van der Waals surface area contributed by atoms with Gasteiger partial charge in [0.1, 0.15) is 5.82 Å². The number of ether oxygens (including phenoxy) is 1. The van der Waals surface area contributed by atoms with E-state index in [0.717, 1.165) is 31.2 Å². The van der Waals surface area contributed by atoms with Crippen molar-refractivity contribution in [2.24, 2.45) is 11.8 Å². The van der Waals surface area contributed by atoms with Crippen LogP contribution in [0.25, 0.3) is 0 Å². The molecule has 0 aromatic heterocycles. The number of halogens is 1. The Bertz CT molecular complexity index is 427. The molecule has 0 bridgehead atoms. The SMILES string of the molecule is CCNC(COC1CC(C)CC(C)C1)c1ccccc1F. The van der Waals surface area contributed by atoms with Crippen LogP contribution >= 0.6 is 0 Å². The predicted octanol–water partition coefficient (Wildman–Crippen LogP) is 4.32. The molecule has 1 saturated carbocycles. The van der Waals surface area contributed by atoms with Crippen LogP contribution in [0.15, 0.2) is 24.3 Å². The monoisotopic (exact) mass is 293 g/mol. The van der Waals surface area contributed by atoms with Gasteiger partial charge >= 0.3 is 0 Å². The maximum atomic E-state index is 14.0. The number of hydrogen-bond acceptors (Lipinski definition) is 2. The molecule has 2 nitrogen and oxygen atoms in total. The van der Waals surface area contributed by atoms with E-state index < -0.39 is 0 Å². The number of benzene rings is 1. The minimum atomic E-state index is -0.155. The first-order chi connectivity index (χ1) is 10.1. The molecule has 3 unspecified atom stereocenters. The van der Waals surface area contributed by atoms with Crippen molar-refractivity contribution in [2.75, 3.05) is 13.2 Å². The number of likely N-dealkylation sites (N-methyl/N-ethyl adjacent to an activating group) is 1. The van der Waals surface area contributed by atoms with E-state index in [1.807, 2.05) is 19.1 Å². The summed E-state index contributed by atoms with van der Waals surface area (Å²) >= 11 is 0. The van der Waals surface area contributed by atoms with E-state index in [-0.39, 0.29) is 11.9 Å². The molecule has 1 aliphatic carbocycles. The smallest absolute Gasteiger partial charge is 0.128 e. The Labute approximate surface area is 128 Å². The first-order valence-electron chi connectivity index (χ1n) is 8.19. The second-order valence-corrected chi connectivity index (χ2v) is 6.50. The van der Waals surface area contributed by atoms with Gasteiger partial charge in [-0.15, -0.1) is 0 Å². The Kier molecular flexibility index (Phi) is 6.19. The van der Waals surface area contributed by atoms with Crippen LogP contribution in [0.1, 0.15) is 51.6 Å². The zero-order chi connectivity index (χ0) is 15.2. The van der Waals surface area contributed by atoms with Gasteiger partial charge in [-0.2, -0.15) is 0 Å². The van der Waals surface area contributed by atoms with Crippen molar-refractivity contribution in [3.05, 3.63) is 35.6 Å². The van der Waals surface area contributed by atoms with Crippen LogP contribution in [-0.4, -0.2) is 19.3 Å². The Morgan fingerprint density at radius 1 is 1.19 bits per heavy atom. The Hall–Kier alpha value is -0.930. The van der Waals surface area contributed by atoms with Crippen molar-refractivity contribution in [2.45, 2.75) is 52.2 Å². The molecule has 3 atom stereocenters. The first kappa shape index (κ1) is 16.4. The molecule has 1 fully saturated rings. The van der Waals surface area contributed by atoms with E-state index in [1.54, 1.807) is 6.07 Å². The highest BCUT2D eigenvalue weighted by atomic mass is 19.1. The van der Waals surface area contributed by atoms with E-state index in [1.165, 1.54) is 12.5 Å². The Balaban J connectivity index is 1.96. The van der Waals surface area contributed by atoms with Crippen LogP contribution in [0.5, 0.6) is 0 Å². The molecule has 21 heavy (non-hydrogen) atoms. The second kappa shape index (κ2) is 7.90. The summed E-state index contributed by atoms with van der Waals surface area (Å²) in [7, 11) is 0. The fourth-order valence-electron chi connectivity index (χ4n) is 3.50. The molecule has 1 aromatic rings. The van der Waals surface area contributed by atoms with Crippen LogP contribution in [0, 0.1) is 17.7 Å². The highest BCUT2D eigenvalue weighted by Gasteiger charge is 2.25. The molecule has 0 amide bonds. The van der Waals surface area contributed by atoms with Crippen LogP contribution < -0.4 is 5.32 Å². The normalized spacial score (nSPS) is 27.5. The van der Waals surface area contributed by atoms with Crippen molar-refractivity contribution < 1.29 is 9.13 Å². The van der Waals surface area contributed by atoms with Gasteiger partial charge in [0.2, 0.25) is 0 Å². The van der Waals surface area contributed by atoms with Gasteiger partial charge in [0, 0.05) is 5.56 Å². The molecule has 0 radical (unpaired) electrons. The van der Waals surface area contributed by atoms with Gasteiger partial charge in [0.25, 0.3) is 0 Å². The Morgan fingerprint density at radius 3 is 2.48 bits per heavy atom. The maximum absolute atomic E-state index is 14.0. The topological polar surface area (TPSA) is 21.3 Å². The summed E-state index contributed by atoms with van der Waals surface area (Å²) in [6, 6.07) is 6.91. The molecule has 0 heterocycles.